The molecule has 1 atom stereocenters. The number of rotatable bonds is 5. The summed E-state index contributed by atoms with van der Waals surface area (Å²) in [5.41, 5.74) is 0.737. The number of hydrogen-bond acceptors (Lipinski definition) is 9. The van der Waals surface area contributed by atoms with Gasteiger partial charge in [-0.25, -0.2) is 0 Å². The maximum atomic E-state index is 13.2. The first-order chi connectivity index (χ1) is 17.1. The molecule has 0 saturated carbocycles. The molecule has 10 nitrogen and oxygen atoms in total. The van der Waals surface area contributed by atoms with Crippen LogP contribution in [0.1, 0.15) is 12.3 Å². The predicted molar refractivity (Wildman–Crippen MR) is 127 cm³/mol. The number of anilines is 1. The van der Waals surface area contributed by atoms with Crippen molar-refractivity contribution >= 4 is 28.8 Å². The Bertz CT molecular complexity index is 1220. The van der Waals surface area contributed by atoms with Crippen molar-refractivity contribution in [3.63, 3.8) is 0 Å². The van der Waals surface area contributed by atoms with Gasteiger partial charge in [-0.2, -0.15) is 4.98 Å². The second-order valence-corrected chi connectivity index (χ2v) is 9.77. The molecule has 1 unspecified atom stereocenters. The zero-order valence-corrected chi connectivity index (χ0v) is 19.9. The Morgan fingerprint density at radius 3 is 2.71 bits per heavy atom. The molecule has 2 fully saturated rings. The van der Waals surface area contributed by atoms with Crippen LogP contribution < -0.4 is 14.4 Å². The van der Waals surface area contributed by atoms with Crippen LogP contribution in [0, 0.1) is 5.92 Å². The van der Waals surface area contributed by atoms with Crippen molar-refractivity contribution in [2.75, 3.05) is 50.8 Å². The van der Waals surface area contributed by atoms with Crippen molar-refractivity contribution in [1.29, 1.82) is 0 Å². The Kier molecular flexibility index (Phi) is 5.86. The number of carbonyl (C=O) groups excluding carboxylic acids is 2. The van der Waals surface area contributed by atoms with E-state index in [1.165, 1.54) is 0 Å². The minimum absolute atomic E-state index is 0.0378. The van der Waals surface area contributed by atoms with Crippen molar-refractivity contribution in [2.24, 2.45) is 5.92 Å². The molecule has 182 valence electrons. The lowest BCUT2D eigenvalue weighted by atomic mass is 10.1. The van der Waals surface area contributed by atoms with Crippen LogP contribution >= 0.6 is 11.3 Å². The monoisotopic (exact) mass is 495 g/mol. The number of hydrogen-bond donors (Lipinski definition) is 0. The van der Waals surface area contributed by atoms with Gasteiger partial charge in [-0.05, 0) is 23.6 Å². The second-order valence-electron chi connectivity index (χ2n) is 8.82. The molecule has 0 aliphatic carbocycles. The quantitative estimate of drug-likeness (QED) is 0.531. The third-order valence-corrected chi connectivity index (χ3v) is 7.43. The molecule has 2 aromatic heterocycles. The van der Waals surface area contributed by atoms with Gasteiger partial charge in [0.15, 0.2) is 11.5 Å². The Hall–Kier alpha value is -3.44. The van der Waals surface area contributed by atoms with Gasteiger partial charge in [0, 0.05) is 50.9 Å². The van der Waals surface area contributed by atoms with Crippen molar-refractivity contribution in [2.45, 2.75) is 13.0 Å². The molecular weight excluding hydrogens is 470 g/mol. The highest BCUT2D eigenvalue weighted by Crippen LogP contribution is 2.36. The molecule has 0 radical (unpaired) electrons. The molecule has 2 saturated heterocycles. The van der Waals surface area contributed by atoms with E-state index < -0.39 is 0 Å². The molecule has 6 rings (SSSR count). The number of thiophene rings is 1. The Morgan fingerprint density at radius 1 is 1.09 bits per heavy atom. The van der Waals surface area contributed by atoms with Crippen LogP contribution in [0.2, 0.25) is 0 Å². The van der Waals surface area contributed by atoms with Crippen LogP contribution in [0.3, 0.4) is 0 Å². The molecule has 11 heteroatoms. The number of fused-ring (bicyclic) bond motifs is 1. The predicted octanol–water partition coefficient (Wildman–Crippen LogP) is 2.27. The van der Waals surface area contributed by atoms with E-state index in [1.807, 2.05) is 40.6 Å². The highest BCUT2D eigenvalue weighted by molar-refractivity contribution is 7.13. The summed E-state index contributed by atoms with van der Waals surface area (Å²) < 4.78 is 16.6. The minimum Gasteiger partial charge on any atom is -0.486 e. The van der Waals surface area contributed by atoms with Crippen LogP contribution in [-0.2, 0) is 16.1 Å². The maximum Gasteiger partial charge on any atom is 0.241 e. The van der Waals surface area contributed by atoms with Crippen LogP contribution in [0.25, 0.3) is 10.7 Å². The number of benzene rings is 1. The normalized spacial score (nSPS) is 20.5. The van der Waals surface area contributed by atoms with Gasteiger partial charge in [0.25, 0.3) is 0 Å². The van der Waals surface area contributed by atoms with E-state index in [4.69, 9.17) is 14.0 Å². The first kappa shape index (κ1) is 22.1. The fourth-order valence-corrected chi connectivity index (χ4v) is 5.37. The smallest absolute Gasteiger partial charge is 0.241 e. The lowest BCUT2D eigenvalue weighted by Crippen LogP contribution is -2.50. The molecule has 3 aliphatic heterocycles. The van der Waals surface area contributed by atoms with Crippen LogP contribution in [0.15, 0.2) is 40.2 Å². The lowest BCUT2D eigenvalue weighted by molar-refractivity contribution is -0.137. The van der Waals surface area contributed by atoms with Gasteiger partial charge in [0.1, 0.15) is 13.2 Å². The van der Waals surface area contributed by atoms with E-state index in [0.717, 1.165) is 23.7 Å². The van der Waals surface area contributed by atoms with Crippen molar-refractivity contribution < 1.29 is 23.6 Å². The van der Waals surface area contributed by atoms with Crippen molar-refractivity contribution in [3.05, 3.63) is 41.6 Å². The highest BCUT2D eigenvalue weighted by Gasteiger charge is 2.38. The van der Waals surface area contributed by atoms with Crippen molar-refractivity contribution in [1.82, 2.24) is 19.9 Å². The van der Waals surface area contributed by atoms with E-state index in [-0.39, 0.29) is 24.2 Å². The fraction of sp³-hybridized carbons (Fsp3) is 0.417. The number of amides is 2. The largest absolute Gasteiger partial charge is 0.486 e. The molecule has 5 heterocycles. The van der Waals surface area contributed by atoms with E-state index in [1.54, 1.807) is 16.2 Å². The summed E-state index contributed by atoms with van der Waals surface area (Å²) in [6.45, 7) is 4.60. The summed E-state index contributed by atoms with van der Waals surface area (Å²) in [4.78, 5) is 37.2. The maximum absolute atomic E-state index is 13.2. The van der Waals surface area contributed by atoms with Gasteiger partial charge in [-0.1, -0.05) is 11.2 Å². The van der Waals surface area contributed by atoms with E-state index >= 15 is 0 Å². The SMILES string of the molecule is O=C(C1CC(=O)N(c2ccc3c(c2)OCCO3)C1)N1CCN(Cc2nc(-c3cccs3)no2)CC1. The van der Waals surface area contributed by atoms with E-state index in [2.05, 4.69) is 15.0 Å². The van der Waals surface area contributed by atoms with Gasteiger partial charge >= 0.3 is 0 Å². The number of carbonyl (C=O) groups is 2. The number of nitrogens with zero attached hydrogens (tertiary/aromatic N) is 5. The van der Waals surface area contributed by atoms with Gasteiger partial charge in [-0.15, -0.1) is 11.3 Å². The van der Waals surface area contributed by atoms with E-state index in [0.29, 0.717) is 62.6 Å². The molecular formula is C24H25N5O5S. The topological polar surface area (TPSA) is 101 Å². The first-order valence-electron chi connectivity index (χ1n) is 11.7. The third kappa shape index (κ3) is 4.48. The Labute approximate surface area is 206 Å². The zero-order chi connectivity index (χ0) is 23.8. The third-order valence-electron chi connectivity index (χ3n) is 6.56. The number of ether oxygens (including phenoxy) is 2. The van der Waals surface area contributed by atoms with Gasteiger partial charge in [0.2, 0.25) is 23.5 Å². The summed E-state index contributed by atoms with van der Waals surface area (Å²) >= 11 is 1.57. The fourth-order valence-electron chi connectivity index (χ4n) is 4.72. The van der Waals surface area contributed by atoms with E-state index in [9.17, 15) is 9.59 Å². The molecule has 0 N–H and O–H groups in total. The average Bonchev–Trinajstić information content (AvgIpc) is 3.65. The summed E-state index contributed by atoms with van der Waals surface area (Å²) in [5.74, 6) is 2.15. The summed E-state index contributed by atoms with van der Waals surface area (Å²) in [6, 6.07) is 9.40. The van der Waals surface area contributed by atoms with Gasteiger partial charge in [0.05, 0.1) is 17.3 Å². The van der Waals surface area contributed by atoms with Gasteiger partial charge < -0.3 is 23.8 Å². The number of piperazine rings is 1. The van der Waals surface area contributed by atoms with Crippen LogP contribution in [-0.4, -0.2) is 77.7 Å². The van der Waals surface area contributed by atoms with Crippen molar-refractivity contribution in [3.8, 4) is 22.2 Å². The molecule has 2 amide bonds. The van der Waals surface area contributed by atoms with Gasteiger partial charge in [-0.3, -0.25) is 14.5 Å². The molecule has 3 aliphatic rings. The summed E-state index contributed by atoms with van der Waals surface area (Å²) in [5, 5.41) is 6.05. The Balaban J connectivity index is 1.03. The minimum atomic E-state index is -0.341. The van der Waals surface area contributed by atoms with Crippen LogP contribution in [0.5, 0.6) is 11.5 Å². The molecule has 1 aromatic carbocycles. The lowest BCUT2D eigenvalue weighted by Gasteiger charge is -2.35. The summed E-state index contributed by atoms with van der Waals surface area (Å²) in [6.07, 6.45) is 0.223. The molecule has 0 spiro atoms. The summed E-state index contributed by atoms with van der Waals surface area (Å²) in [7, 11) is 0. The van der Waals surface area contributed by atoms with Crippen LogP contribution in [0.4, 0.5) is 5.69 Å². The highest BCUT2D eigenvalue weighted by atomic mass is 32.1. The first-order valence-corrected chi connectivity index (χ1v) is 12.6. The molecule has 0 bridgehead atoms. The average molecular weight is 496 g/mol. The zero-order valence-electron chi connectivity index (χ0n) is 19.1. The molecule has 3 aromatic rings. The molecule has 35 heavy (non-hydrogen) atoms. The second kappa shape index (κ2) is 9.31. The Morgan fingerprint density at radius 2 is 1.91 bits per heavy atom. The number of aromatic nitrogens is 2. The standard InChI is InChI=1S/C24H25N5O5S/c30-22-12-16(14-29(22)17-3-4-18-19(13-17)33-10-9-32-18)24(31)28-7-5-27(6-8-28)15-21-25-23(26-34-21)20-2-1-11-35-20/h1-4,11,13,16H,5-10,12,14-15H2.